The van der Waals surface area contributed by atoms with Crippen molar-refractivity contribution in [2.24, 2.45) is 0 Å². The van der Waals surface area contributed by atoms with Gasteiger partial charge in [-0.2, -0.15) is 4.31 Å². The number of nitrogens with one attached hydrogen (secondary N) is 1. The van der Waals surface area contributed by atoms with Crippen molar-refractivity contribution in [2.75, 3.05) is 43.9 Å². The molecule has 0 radical (unpaired) electrons. The number of piperazine rings is 1. The van der Waals surface area contributed by atoms with E-state index in [1.54, 1.807) is 18.2 Å². The van der Waals surface area contributed by atoms with Gasteiger partial charge in [0.25, 0.3) is 0 Å². The predicted molar refractivity (Wildman–Crippen MR) is 103 cm³/mol. The van der Waals surface area contributed by atoms with Crippen LogP contribution in [0.2, 0.25) is 0 Å². The Kier molecular flexibility index (Phi) is 5.74. The number of hydrogen-bond donors (Lipinski definition) is 1. The fraction of sp³-hybridized carbons (Fsp3) is 0.467. The molecule has 1 aromatic heterocycles. The molecule has 2 aromatic rings. The first-order chi connectivity index (χ1) is 11.9. The van der Waals surface area contributed by atoms with Gasteiger partial charge in [-0.15, -0.1) is 0 Å². The van der Waals surface area contributed by atoms with Gasteiger partial charge in [-0.05, 0) is 25.2 Å². The number of sulfonamides is 1. The van der Waals surface area contributed by atoms with Crippen LogP contribution in [-0.2, 0) is 14.8 Å². The third-order valence-electron chi connectivity index (χ3n) is 4.03. The number of alkyl halides is 1. The van der Waals surface area contributed by atoms with E-state index in [1.165, 1.54) is 15.6 Å². The fourth-order valence-electron chi connectivity index (χ4n) is 2.56. The second kappa shape index (κ2) is 7.67. The highest BCUT2D eigenvalue weighted by Gasteiger charge is 2.27. The lowest BCUT2D eigenvalue weighted by Gasteiger charge is -2.31. The highest BCUT2D eigenvalue weighted by molar-refractivity contribution is 9.09. The maximum atomic E-state index is 12.8. The SMILES string of the molecule is CN1CCN(S(=O)(=O)c2ccc3nc(NC(=O)CCBr)sc3c2)CC1. The van der Waals surface area contributed by atoms with Gasteiger partial charge in [-0.25, -0.2) is 13.4 Å². The Morgan fingerprint density at radius 1 is 1.32 bits per heavy atom. The van der Waals surface area contributed by atoms with Crippen molar-refractivity contribution in [1.29, 1.82) is 0 Å². The van der Waals surface area contributed by atoms with Gasteiger partial charge in [0.1, 0.15) is 0 Å². The number of carbonyl (C=O) groups excluding carboxylic acids is 1. The van der Waals surface area contributed by atoms with E-state index in [1.807, 2.05) is 7.05 Å². The van der Waals surface area contributed by atoms with Crippen LogP contribution in [0.1, 0.15) is 6.42 Å². The number of fused-ring (bicyclic) bond motifs is 1. The van der Waals surface area contributed by atoms with Crippen LogP contribution in [0.3, 0.4) is 0 Å². The van der Waals surface area contributed by atoms with E-state index in [2.05, 4.69) is 31.1 Å². The second-order valence-electron chi connectivity index (χ2n) is 5.84. The van der Waals surface area contributed by atoms with E-state index >= 15 is 0 Å². The third-order valence-corrected chi connectivity index (χ3v) is 7.25. The van der Waals surface area contributed by atoms with Gasteiger partial charge in [0.15, 0.2) is 5.13 Å². The molecule has 2 heterocycles. The molecule has 0 aliphatic carbocycles. The number of carbonyl (C=O) groups is 1. The van der Waals surface area contributed by atoms with E-state index in [4.69, 9.17) is 0 Å². The molecule has 1 aliphatic rings. The highest BCUT2D eigenvalue weighted by atomic mass is 79.9. The molecule has 1 fully saturated rings. The summed E-state index contributed by atoms with van der Waals surface area (Å²) in [5.74, 6) is -0.124. The van der Waals surface area contributed by atoms with Crippen molar-refractivity contribution in [2.45, 2.75) is 11.3 Å². The zero-order valence-electron chi connectivity index (χ0n) is 13.7. The van der Waals surface area contributed by atoms with E-state index in [-0.39, 0.29) is 10.8 Å². The Labute approximate surface area is 159 Å². The predicted octanol–water partition coefficient (Wildman–Crippen LogP) is 1.96. The van der Waals surface area contributed by atoms with Crippen LogP contribution in [0.4, 0.5) is 5.13 Å². The fourth-order valence-corrected chi connectivity index (χ4v) is 5.37. The highest BCUT2D eigenvalue weighted by Crippen LogP contribution is 2.29. The zero-order valence-corrected chi connectivity index (χ0v) is 17.0. The van der Waals surface area contributed by atoms with Crippen molar-refractivity contribution >= 4 is 58.5 Å². The number of nitrogens with zero attached hydrogens (tertiary/aromatic N) is 3. The first kappa shape index (κ1) is 18.7. The van der Waals surface area contributed by atoms with E-state index < -0.39 is 10.0 Å². The Hall–Kier alpha value is -1.07. The molecule has 1 N–H and O–H groups in total. The Morgan fingerprint density at radius 3 is 2.72 bits per heavy atom. The van der Waals surface area contributed by atoms with Crippen molar-refractivity contribution in [3.8, 4) is 0 Å². The maximum Gasteiger partial charge on any atom is 0.243 e. The van der Waals surface area contributed by atoms with Gasteiger partial charge in [-0.3, -0.25) is 4.79 Å². The topological polar surface area (TPSA) is 82.6 Å². The van der Waals surface area contributed by atoms with Crippen molar-refractivity contribution < 1.29 is 13.2 Å². The number of anilines is 1. The molecule has 0 saturated carbocycles. The molecule has 1 aliphatic heterocycles. The Balaban J connectivity index is 1.84. The van der Waals surface area contributed by atoms with Crippen LogP contribution in [0.5, 0.6) is 0 Å². The smallest absolute Gasteiger partial charge is 0.243 e. The largest absolute Gasteiger partial charge is 0.304 e. The summed E-state index contributed by atoms with van der Waals surface area (Å²) < 4.78 is 27.9. The lowest BCUT2D eigenvalue weighted by molar-refractivity contribution is -0.115. The van der Waals surface area contributed by atoms with Crippen LogP contribution >= 0.6 is 27.3 Å². The minimum atomic E-state index is -3.51. The van der Waals surface area contributed by atoms with Crippen molar-refractivity contribution in [3.05, 3.63) is 18.2 Å². The van der Waals surface area contributed by atoms with E-state index in [9.17, 15) is 13.2 Å². The quantitative estimate of drug-likeness (QED) is 0.709. The summed E-state index contributed by atoms with van der Waals surface area (Å²) in [6.07, 6.45) is 0.360. The summed E-state index contributed by atoms with van der Waals surface area (Å²) in [6, 6.07) is 4.91. The number of amides is 1. The molecule has 1 saturated heterocycles. The molecule has 1 aromatic carbocycles. The normalized spacial score (nSPS) is 17.0. The van der Waals surface area contributed by atoms with Crippen LogP contribution < -0.4 is 5.32 Å². The standard InChI is InChI=1S/C15H19BrN4O3S2/c1-19-6-8-20(9-7-19)25(22,23)11-2-3-12-13(10-11)24-15(17-12)18-14(21)4-5-16/h2-3,10H,4-9H2,1H3,(H,17,18,21). The second-order valence-corrected chi connectivity index (χ2v) is 9.60. The molecule has 0 spiro atoms. The molecule has 1 amide bonds. The minimum Gasteiger partial charge on any atom is -0.304 e. The summed E-state index contributed by atoms with van der Waals surface area (Å²) in [7, 11) is -1.52. The van der Waals surface area contributed by atoms with Crippen LogP contribution in [0.15, 0.2) is 23.1 Å². The van der Waals surface area contributed by atoms with Crippen LogP contribution in [-0.4, -0.2) is 67.1 Å². The average molecular weight is 447 g/mol. The number of benzene rings is 1. The summed E-state index contributed by atoms with van der Waals surface area (Å²) in [5, 5.41) is 3.79. The molecule has 25 heavy (non-hydrogen) atoms. The Bertz CT molecular complexity index is 876. The molecule has 3 rings (SSSR count). The molecular formula is C15H19BrN4O3S2. The van der Waals surface area contributed by atoms with E-state index in [0.717, 1.165) is 17.8 Å². The number of hydrogen-bond acceptors (Lipinski definition) is 6. The maximum absolute atomic E-state index is 12.8. The lowest BCUT2D eigenvalue weighted by Crippen LogP contribution is -2.46. The van der Waals surface area contributed by atoms with Crippen molar-refractivity contribution in [1.82, 2.24) is 14.2 Å². The first-order valence-corrected chi connectivity index (χ1v) is 11.2. The summed E-state index contributed by atoms with van der Waals surface area (Å²) in [5.41, 5.74) is 0.677. The summed E-state index contributed by atoms with van der Waals surface area (Å²) >= 11 is 4.50. The van der Waals surface area contributed by atoms with E-state index in [0.29, 0.717) is 35.5 Å². The monoisotopic (exact) mass is 446 g/mol. The van der Waals surface area contributed by atoms with Gasteiger partial charge in [0.05, 0.1) is 15.1 Å². The molecular weight excluding hydrogens is 428 g/mol. The van der Waals surface area contributed by atoms with Gasteiger partial charge in [0.2, 0.25) is 15.9 Å². The van der Waals surface area contributed by atoms with Crippen molar-refractivity contribution in [3.63, 3.8) is 0 Å². The molecule has 0 atom stereocenters. The molecule has 0 bridgehead atoms. The van der Waals surface area contributed by atoms with Gasteiger partial charge in [0, 0.05) is 37.9 Å². The number of thiazole rings is 1. The van der Waals surface area contributed by atoms with Gasteiger partial charge < -0.3 is 10.2 Å². The molecule has 0 unspecified atom stereocenters. The average Bonchev–Trinajstić information content (AvgIpc) is 2.96. The molecule has 10 heteroatoms. The minimum absolute atomic E-state index is 0.124. The number of halogens is 1. The molecule has 136 valence electrons. The Morgan fingerprint density at radius 2 is 2.04 bits per heavy atom. The summed E-state index contributed by atoms with van der Waals surface area (Å²) in [4.78, 5) is 18.4. The number of likely N-dealkylation sites (N-methyl/N-ethyl adjacent to an activating group) is 1. The van der Waals surface area contributed by atoms with Gasteiger partial charge >= 0.3 is 0 Å². The molecule has 7 nitrogen and oxygen atoms in total. The first-order valence-electron chi connectivity index (χ1n) is 7.85. The number of rotatable bonds is 5. The van der Waals surface area contributed by atoms with Gasteiger partial charge in [-0.1, -0.05) is 27.3 Å². The summed E-state index contributed by atoms with van der Waals surface area (Å²) in [6.45, 7) is 2.44. The van der Waals surface area contributed by atoms with Crippen LogP contribution in [0.25, 0.3) is 10.2 Å². The zero-order chi connectivity index (χ0) is 18.0. The van der Waals surface area contributed by atoms with Crippen LogP contribution in [0, 0.1) is 0 Å². The third kappa shape index (κ3) is 4.20. The number of aromatic nitrogens is 1. The lowest BCUT2D eigenvalue weighted by atomic mass is 10.3.